The summed E-state index contributed by atoms with van der Waals surface area (Å²) in [4.78, 5) is 18.4. The number of fused-ring (bicyclic) bond motifs is 4. The quantitative estimate of drug-likeness (QED) is 0.804. The van der Waals surface area contributed by atoms with Crippen LogP contribution in [0.4, 0.5) is 0 Å². The number of carbonyl (C=O) groups is 1. The molecule has 1 saturated carbocycles. The van der Waals surface area contributed by atoms with Gasteiger partial charge in [-0.25, -0.2) is 0 Å². The van der Waals surface area contributed by atoms with E-state index in [1.807, 2.05) is 6.07 Å². The molecule has 0 spiro atoms. The molecule has 0 bridgehead atoms. The molecule has 1 amide bonds. The van der Waals surface area contributed by atoms with Crippen molar-refractivity contribution in [2.24, 2.45) is 17.8 Å². The first-order chi connectivity index (χ1) is 14.3. The van der Waals surface area contributed by atoms with Crippen LogP contribution in [0.5, 0.6) is 5.75 Å². The lowest BCUT2D eigenvalue weighted by Gasteiger charge is -2.36. The van der Waals surface area contributed by atoms with Gasteiger partial charge in [0.05, 0.1) is 12.5 Å². The van der Waals surface area contributed by atoms with Crippen LogP contribution in [0.2, 0.25) is 0 Å². The molecule has 0 N–H and O–H groups in total. The van der Waals surface area contributed by atoms with E-state index in [1.54, 1.807) is 0 Å². The summed E-state index contributed by atoms with van der Waals surface area (Å²) in [6.07, 6.45) is 3.65. The molecule has 3 aliphatic heterocycles. The van der Waals surface area contributed by atoms with Crippen molar-refractivity contribution in [1.82, 2.24) is 9.80 Å². The highest BCUT2D eigenvalue weighted by atomic mass is 16.5. The SMILES string of the molecule is O=C([C@@H]1CN(CC2CC2)[C@H]2c3ccccc3OC[C@@H]12)N1CCc2ccccc2C1. The molecule has 4 nitrogen and oxygen atoms in total. The van der Waals surface area contributed by atoms with Gasteiger partial charge < -0.3 is 9.64 Å². The first-order valence-electron chi connectivity index (χ1n) is 11.1. The number of carbonyl (C=O) groups excluding carboxylic acids is 1. The van der Waals surface area contributed by atoms with Crippen molar-refractivity contribution in [3.8, 4) is 5.75 Å². The number of rotatable bonds is 3. The fraction of sp³-hybridized carbons (Fsp3) is 0.480. The Labute approximate surface area is 172 Å². The van der Waals surface area contributed by atoms with Gasteiger partial charge in [0.15, 0.2) is 0 Å². The van der Waals surface area contributed by atoms with Crippen LogP contribution in [0.3, 0.4) is 0 Å². The minimum Gasteiger partial charge on any atom is -0.493 e. The Hall–Kier alpha value is -2.33. The predicted molar refractivity (Wildman–Crippen MR) is 112 cm³/mol. The van der Waals surface area contributed by atoms with Gasteiger partial charge in [0.1, 0.15) is 5.75 Å². The highest BCUT2D eigenvalue weighted by Gasteiger charge is 2.50. The normalized spacial score (nSPS) is 28.3. The Balaban J connectivity index is 1.28. The number of likely N-dealkylation sites (tertiary alicyclic amines) is 1. The van der Waals surface area contributed by atoms with Crippen LogP contribution < -0.4 is 4.74 Å². The molecule has 2 fully saturated rings. The number of para-hydroxylation sites is 1. The Kier molecular flexibility index (Phi) is 4.15. The monoisotopic (exact) mass is 388 g/mol. The van der Waals surface area contributed by atoms with Crippen LogP contribution in [0.1, 0.15) is 35.6 Å². The van der Waals surface area contributed by atoms with Gasteiger partial charge >= 0.3 is 0 Å². The third-order valence-electron chi connectivity index (χ3n) is 7.37. The average molecular weight is 389 g/mol. The lowest BCUT2D eigenvalue weighted by molar-refractivity contribution is -0.137. The summed E-state index contributed by atoms with van der Waals surface area (Å²) in [5.41, 5.74) is 3.98. The van der Waals surface area contributed by atoms with E-state index in [0.29, 0.717) is 18.6 Å². The van der Waals surface area contributed by atoms with Crippen molar-refractivity contribution >= 4 is 5.91 Å². The van der Waals surface area contributed by atoms with Gasteiger partial charge in [-0.3, -0.25) is 9.69 Å². The number of amides is 1. The number of nitrogens with zero attached hydrogens (tertiary/aromatic N) is 2. The molecule has 0 aromatic heterocycles. The fourth-order valence-corrected chi connectivity index (χ4v) is 5.67. The number of benzene rings is 2. The lowest BCUT2D eigenvalue weighted by atomic mass is 9.84. The van der Waals surface area contributed by atoms with Crippen molar-refractivity contribution in [2.75, 3.05) is 26.2 Å². The molecule has 3 atom stereocenters. The molecule has 4 aliphatic rings. The van der Waals surface area contributed by atoms with Crippen LogP contribution in [0.15, 0.2) is 48.5 Å². The van der Waals surface area contributed by atoms with Gasteiger partial charge in [0, 0.05) is 43.7 Å². The third-order valence-corrected chi connectivity index (χ3v) is 7.37. The topological polar surface area (TPSA) is 32.8 Å². The summed E-state index contributed by atoms with van der Waals surface area (Å²) >= 11 is 0. The van der Waals surface area contributed by atoms with Crippen LogP contribution >= 0.6 is 0 Å². The predicted octanol–water partition coefficient (Wildman–Crippen LogP) is 3.66. The zero-order valence-corrected chi connectivity index (χ0v) is 16.8. The van der Waals surface area contributed by atoms with Crippen molar-refractivity contribution in [1.29, 1.82) is 0 Å². The minimum absolute atomic E-state index is 0.0392. The second-order valence-corrected chi connectivity index (χ2v) is 9.24. The van der Waals surface area contributed by atoms with Crippen molar-refractivity contribution in [3.63, 3.8) is 0 Å². The van der Waals surface area contributed by atoms with Gasteiger partial charge in [0.25, 0.3) is 0 Å². The average Bonchev–Trinajstić information content (AvgIpc) is 3.51. The second kappa shape index (κ2) is 6.88. The molecular weight excluding hydrogens is 360 g/mol. The summed E-state index contributed by atoms with van der Waals surface area (Å²) < 4.78 is 6.13. The molecule has 29 heavy (non-hydrogen) atoms. The van der Waals surface area contributed by atoms with E-state index in [-0.39, 0.29) is 11.8 Å². The Bertz CT molecular complexity index is 938. The fourth-order valence-electron chi connectivity index (χ4n) is 5.67. The van der Waals surface area contributed by atoms with E-state index in [0.717, 1.165) is 44.3 Å². The Morgan fingerprint density at radius 3 is 2.69 bits per heavy atom. The largest absolute Gasteiger partial charge is 0.493 e. The van der Waals surface area contributed by atoms with E-state index < -0.39 is 0 Å². The minimum atomic E-state index is 0.0392. The molecule has 1 saturated heterocycles. The molecule has 150 valence electrons. The van der Waals surface area contributed by atoms with Crippen molar-refractivity contribution in [3.05, 3.63) is 65.2 Å². The molecule has 0 radical (unpaired) electrons. The van der Waals surface area contributed by atoms with E-state index in [2.05, 4.69) is 52.3 Å². The second-order valence-electron chi connectivity index (χ2n) is 9.24. The summed E-state index contributed by atoms with van der Waals surface area (Å²) in [7, 11) is 0. The van der Waals surface area contributed by atoms with E-state index in [1.165, 1.54) is 29.5 Å². The first kappa shape index (κ1) is 17.5. The Morgan fingerprint density at radius 1 is 1.03 bits per heavy atom. The zero-order valence-electron chi connectivity index (χ0n) is 16.8. The standard InChI is InChI=1S/C25H28N2O2/c28-25(26-12-11-18-5-1-2-6-19(18)14-26)21-15-27(13-17-9-10-17)24-20-7-3-4-8-23(20)29-16-22(21)24/h1-8,17,21-22,24H,9-16H2/t21-,22+,24+/m1/s1. The lowest BCUT2D eigenvalue weighted by Crippen LogP contribution is -2.43. The van der Waals surface area contributed by atoms with Crippen molar-refractivity contribution < 1.29 is 9.53 Å². The molecule has 6 rings (SSSR count). The number of ether oxygens (including phenoxy) is 1. The summed E-state index contributed by atoms with van der Waals surface area (Å²) in [6, 6.07) is 17.3. The molecule has 1 aliphatic carbocycles. The van der Waals surface area contributed by atoms with E-state index >= 15 is 0 Å². The highest BCUT2D eigenvalue weighted by Crippen LogP contribution is 2.49. The summed E-state index contributed by atoms with van der Waals surface area (Å²) in [5.74, 6) is 2.46. The Morgan fingerprint density at radius 2 is 1.83 bits per heavy atom. The zero-order chi connectivity index (χ0) is 19.4. The van der Waals surface area contributed by atoms with Gasteiger partial charge in [-0.2, -0.15) is 0 Å². The van der Waals surface area contributed by atoms with Gasteiger partial charge in [-0.1, -0.05) is 42.5 Å². The maximum absolute atomic E-state index is 13.7. The molecule has 3 heterocycles. The third kappa shape index (κ3) is 3.05. The number of hydrogen-bond donors (Lipinski definition) is 0. The maximum atomic E-state index is 13.7. The molecule has 0 unspecified atom stereocenters. The summed E-state index contributed by atoms with van der Waals surface area (Å²) in [6.45, 7) is 4.25. The first-order valence-corrected chi connectivity index (χ1v) is 11.1. The molecule has 4 heteroatoms. The van der Waals surface area contributed by atoms with Crippen LogP contribution in [-0.4, -0.2) is 41.9 Å². The van der Waals surface area contributed by atoms with E-state index in [4.69, 9.17) is 4.74 Å². The molecule has 2 aromatic carbocycles. The maximum Gasteiger partial charge on any atom is 0.227 e. The van der Waals surface area contributed by atoms with Crippen LogP contribution in [0.25, 0.3) is 0 Å². The van der Waals surface area contributed by atoms with Gasteiger partial charge in [-0.15, -0.1) is 0 Å². The summed E-state index contributed by atoms with van der Waals surface area (Å²) in [5, 5.41) is 0. The van der Waals surface area contributed by atoms with E-state index in [9.17, 15) is 4.79 Å². The molecule has 2 aromatic rings. The number of hydrogen-bond acceptors (Lipinski definition) is 3. The van der Waals surface area contributed by atoms with Crippen molar-refractivity contribution in [2.45, 2.75) is 31.8 Å². The molecular formula is C25H28N2O2. The van der Waals surface area contributed by atoms with Gasteiger partial charge in [0.2, 0.25) is 5.91 Å². The smallest absolute Gasteiger partial charge is 0.227 e. The van der Waals surface area contributed by atoms with Gasteiger partial charge in [-0.05, 0) is 42.4 Å². The van der Waals surface area contributed by atoms with Crippen LogP contribution in [-0.2, 0) is 17.8 Å². The van der Waals surface area contributed by atoms with Crippen LogP contribution in [0, 0.1) is 17.8 Å². The highest BCUT2D eigenvalue weighted by molar-refractivity contribution is 5.80.